The number of amides is 3. The van der Waals surface area contributed by atoms with Crippen LogP contribution in [0.5, 0.6) is 0 Å². The minimum Gasteiger partial charge on any atom is -0.322 e. The second kappa shape index (κ2) is 6.26. The minimum atomic E-state index is -0.384. The van der Waals surface area contributed by atoms with Crippen LogP contribution in [-0.4, -0.2) is 17.7 Å². The first-order valence-corrected chi connectivity index (χ1v) is 9.58. The van der Waals surface area contributed by atoms with Crippen LogP contribution in [0.25, 0.3) is 0 Å². The van der Waals surface area contributed by atoms with Crippen molar-refractivity contribution >= 4 is 29.1 Å². The van der Waals surface area contributed by atoms with Crippen molar-refractivity contribution in [3.8, 4) is 0 Å². The smallest absolute Gasteiger partial charge is 0.255 e. The molecule has 2 saturated carbocycles. The Hall–Kier alpha value is -3.02. The summed E-state index contributed by atoms with van der Waals surface area (Å²) in [6, 6.07) is 12.0. The average Bonchev–Trinajstić information content (AvgIpc) is 3.37. The van der Waals surface area contributed by atoms with Gasteiger partial charge in [0, 0.05) is 11.3 Å². The van der Waals surface area contributed by atoms with Crippen molar-refractivity contribution in [2.24, 2.45) is 23.7 Å². The van der Waals surface area contributed by atoms with Crippen LogP contribution < -0.4 is 10.2 Å². The fourth-order valence-corrected chi connectivity index (χ4v) is 5.19. The lowest BCUT2D eigenvalue weighted by Gasteiger charge is -2.19. The molecule has 0 unspecified atom stereocenters. The average molecular weight is 378 g/mol. The second-order valence-electron chi connectivity index (χ2n) is 7.91. The lowest BCUT2D eigenvalue weighted by Crippen LogP contribution is -2.33. The van der Waals surface area contributed by atoms with E-state index in [0.29, 0.717) is 28.8 Å². The van der Waals surface area contributed by atoms with Gasteiger partial charge in [-0.15, -0.1) is 0 Å². The highest BCUT2D eigenvalue weighted by molar-refractivity contribution is 6.23. The van der Waals surface area contributed by atoms with E-state index in [1.54, 1.807) is 24.3 Å². The van der Waals surface area contributed by atoms with Crippen molar-refractivity contribution in [3.05, 3.63) is 59.9 Å². The van der Waals surface area contributed by atoms with Crippen LogP contribution in [0.15, 0.2) is 48.5 Å². The third-order valence-corrected chi connectivity index (χ3v) is 6.40. The maximum Gasteiger partial charge on any atom is 0.255 e. The Morgan fingerprint density at radius 3 is 2.25 bits per heavy atom. The Labute approximate surface area is 161 Å². The van der Waals surface area contributed by atoms with Gasteiger partial charge in [-0.1, -0.05) is 6.07 Å². The maximum atomic E-state index is 13.0. The lowest BCUT2D eigenvalue weighted by molar-refractivity contribution is -0.123. The van der Waals surface area contributed by atoms with Crippen molar-refractivity contribution in [3.63, 3.8) is 0 Å². The maximum absolute atomic E-state index is 13.0. The largest absolute Gasteiger partial charge is 0.322 e. The number of fused-ring (bicyclic) bond motifs is 5. The Kier molecular flexibility index (Phi) is 3.82. The highest BCUT2D eigenvalue weighted by Crippen LogP contribution is 2.56. The molecule has 5 rings (SSSR count). The van der Waals surface area contributed by atoms with Crippen molar-refractivity contribution < 1.29 is 18.8 Å². The number of benzene rings is 2. The molecular weight excluding hydrogens is 359 g/mol. The van der Waals surface area contributed by atoms with E-state index in [9.17, 15) is 18.8 Å². The zero-order valence-corrected chi connectivity index (χ0v) is 15.1. The number of nitrogens with zero attached hydrogens (tertiary/aromatic N) is 1. The summed E-state index contributed by atoms with van der Waals surface area (Å²) in [5.74, 6) is -0.760. The molecule has 2 bridgehead atoms. The molecule has 3 fully saturated rings. The Balaban J connectivity index is 1.40. The molecule has 1 N–H and O–H groups in total. The molecule has 3 aliphatic rings. The number of anilines is 2. The number of carbonyl (C=O) groups is 3. The molecule has 0 spiro atoms. The minimum absolute atomic E-state index is 0.127. The monoisotopic (exact) mass is 378 g/mol. The number of hydrogen-bond donors (Lipinski definition) is 1. The van der Waals surface area contributed by atoms with Crippen LogP contribution in [0, 0.1) is 29.5 Å². The van der Waals surface area contributed by atoms with Gasteiger partial charge >= 0.3 is 0 Å². The van der Waals surface area contributed by atoms with Crippen molar-refractivity contribution in [1.29, 1.82) is 0 Å². The molecule has 3 amide bonds. The number of rotatable bonds is 3. The summed E-state index contributed by atoms with van der Waals surface area (Å²) < 4.78 is 13.0. The lowest BCUT2D eigenvalue weighted by atomic mass is 9.81. The predicted molar refractivity (Wildman–Crippen MR) is 101 cm³/mol. The number of imide groups is 1. The van der Waals surface area contributed by atoms with E-state index in [1.807, 2.05) is 0 Å². The van der Waals surface area contributed by atoms with Crippen molar-refractivity contribution in [2.45, 2.75) is 19.3 Å². The van der Waals surface area contributed by atoms with Crippen LogP contribution >= 0.6 is 0 Å². The molecule has 0 aromatic heterocycles. The van der Waals surface area contributed by atoms with Gasteiger partial charge in [0.2, 0.25) is 11.8 Å². The van der Waals surface area contributed by atoms with E-state index >= 15 is 0 Å². The first-order valence-electron chi connectivity index (χ1n) is 9.58. The van der Waals surface area contributed by atoms with E-state index in [2.05, 4.69) is 5.32 Å². The number of halogens is 1. The van der Waals surface area contributed by atoms with Crippen LogP contribution in [0.3, 0.4) is 0 Å². The quantitative estimate of drug-likeness (QED) is 0.830. The number of nitrogens with one attached hydrogen (secondary N) is 1. The molecule has 28 heavy (non-hydrogen) atoms. The van der Waals surface area contributed by atoms with Gasteiger partial charge in [0.25, 0.3) is 5.91 Å². The summed E-state index contributed by atoms with van der Waals surface area (Å²) in [7, 11) is 0. The topological polar surface area (TPSA) is 66.5 Å². The summed E-state index contributed by atoms with van der Waals surface area (Å²) in [6.07, 6.45) is 3.04. The highest BCUT2D eigenvalue weighted by atomic mass is 19.1. The van der Waals surface area contributed by atoms with Crippen LogP contribution in [0.2, 0.25) is 0 Å². The van der Waals surface area contributed by atoms with Gasteiger partial charge in [-0.25, -0.2) is 4.39 Å². The third kappa shape index (κ3) is 2.55. The van der Waals surface area contributed by atoms with Crippen LogP contribution in [0.4, 0.5) is 15.8 Å². The van der Waals surface area contributed by atoms with E-state index < -0.39 is 0 Å². The zero-order valence-electron chi connectivity index (χ0n) is 15.1. The van der Waals surface area contributed by atoms with Gasteiger partial charge in [0.1, 0.15) is 5.82 Å². The van der Waals surface area contributed by atoms with Gasteiger partial charge < -0.3 is 5.32 Å². The van der Waals surface area contributed by atoms with Crippen LogP contribution in [0.1, 0.15) is 29.6 Å². The molecule has 6 heteroatoms. The molecule has 1 heterocycles. The fraction of sp³-hybridized carbons (Fsp3) is 0.318. The summed E-state index contributed by atoms with van der Waals surface area (Å²) in [4.78, 5) is 39.7. The Morgan fingerprint density at radius 1 is 0.964 bits per heavy atom. The molecule has 1 saturated heterocycles. The van der Waals surface area contributed by atoms with E-state index in [4.69, 9.17) is 0 Å². The SMILES string of the molecule is O=C(Nc1ccc(F)cc1)c1cccc(N2C(=O)[C@@H]3[C@@H]4CC[C@@H](C4)[C@@H]3C2=O)c1. The van der Waals surface area contributed by atoms with Gasteiger partial charge in [0.05, 0.1) is 17.5 Å². The predicted octanol–water partition coefficient (Wildman–Crippen LogP) is 3.61. The fourth-order valence-electron chi connectivity index (χ4n) is 5.19. The summed E-state index contributed by atoms with van der Waals surface area (Å²) >= 11 is 0. The van der Waals surface area contributed by atoms with Gasteiger partial charge in [-0.3, -0.25) is 19.3 Å². The van der Waals surface area contributed by atoms with E-state index in [0.717, 1.165) is 19.3 Å². The number of hydrogen-bond acceptors (Lipinski definition) is 3. The first-order chi connectivity index (χ1) is 13.5. The Bertz CT molecular complexity index is 960. The molecule has 142 valence electrons. The van der Waals surface area contributed by atoms with Gasteiger partial charge in [-0.2, -0.15) is 0 Å². The molecule has 4 atom stereocenters. The third-order valence-electron chi connectivity index (χ3n) is 6.40. The molecular formula is C22H19FN2O3. The molecule has 2 aromatic carbocycles. The number of carbonyl (C=O) groups excluding carboxylic acids is 3. The molecule has 0 radical (unpaired) electrons. The van der Waals surface area contributed by atoms with E-state index in [1.165, 1.54) is 29.2 Å². The molecule has 1 aliphatic heterocycles. The summed E-state index contributed by atoms with van der Waals surface area (Å²) in [5.41, 5.74) is 1.24. The summed E-state index contributed by atoms with van der Waals surface area (Å²) in [5, 5.41) is 2.70. The van der Waals surface area contributed by atoms with Crippen molar-refractivity contribution in [2.75, 3.05) is 10.2 Å². The Morgan fingerprint density at radius 2 is 1.61 bits per heavy atom. The normalized spacial score (nSPS) is 28.0. The molecule has 2 aromatic rings. The van der Waals surface area contributed by atoms with Crippen molar-refractivity contribution in [1.82, 2.24) is 0 Å². The summed E-state index contributed by atoms with van der Waals surface area (Å²) in [6.45, 7) is 0. The van der Waals surface area contributed by atoms with Gasteiger partial charge in [0.15, 0.2) is 0 Å². The highest BCUT2D eigenvalue weighted by Gasteiger charge is 2.61. The van der Waals surface area contributed by atoms with Gasteiger partial charge in [-0.05, 0) is 73.6 Å². The van der Waals surface area contributed by atoms with E-state index in [-0.39, 0.29) is 35.4 Å². The first kappa shape index (κ1) is 17.1. The van der Waals surface area contributed by atoms with Crippen LogP contribution in [-0.2, 0) is 9.59 Å². The zero-order chi connectivity index (χ0) is 19.4. The second-order valence-corrected chi connectivity index (χ2v) is 7.91. The molecule has 2 aliphatic carbocycles. The standard InChI is InChI=1S/C22H19FN2O3/c23-15-6-8-16(9-7-15)24-20(26)14-2-1-3-17(11-14)25-21(27)18-12-4-5-13(10-12)19(18)22(25)28/h1-3,6-9,11-13,18-19H,4-5,10H2,(H,24,26)/t12-,13+,18-,19+. The molecule has 5 nitrogen and oxygen atoms in total.